The van der Waals surface area contributed by atoms with Gasteiger partial charge in [0.1, 0.15) is 9.79 Å². The monoisotopic (exact) mass is 513 g/mol. The van der Waals surface area contributed by atoms with Gasteiger partial charge in [0.15, 0.2) is 0 Å². The molecule has 0 radical (unpaired) electrons. The maximum atomic E-state index is 12.8. The van der Waals surface area contributed by atoms with Gasteiger partial charge < -0.3 is 0 Å². The van der Waals surface area contributed by atoms with Crippen molar-refractivity contribution in [2.75, 3.05) is 4.90 Å². The molecule has 0 atom stereocenters. The Hall–Kier alpha value is -3.21. The van der Waals surface area contributed by atoms with E-state index in [-0.39, 0.29) is 11.1 Å². The van der Waals surface area contributed by atoms with Gasteiger partial charge in [-0.3, -0.25) is 23.2 Å². The quantitative estimate of drug-likeness (QED) is 0.336. The van der Waals surface area contributed by atoms with Gasteiger partial charge >= 0.3 is 0 Å². The van der Waals surface area contributed by atoms with Crippen LogP contribution >= 0.6 is 0 Å². The summed E-state index contributed by atoms with van der Waals surface area (Å²) in [6.45, 7) is 0. The fourth-order valence-corrected chi connectivity index (χ4v) is 5.51. The predicted octanol–water partition coefficient (Wildman–Crippen LogP) is 1.38. The zero-order valence-electron chi connectivity index (χ0n) is 15.9. The summed E-state index contributed by atoms with van der Waals surface area (Å²) in [5, 5.41) is -0.963. The number of carbonyl (C=O) groups excluding carboxylic acids is 2. The van der Waals surface area contributed by atoms with Crippen LogP contribution in [-0.2, 0) is 30.4 Å². The molecule has 2 amide bonds. The van der Waals surface area contributed by atoms with Gasteiger partial charge in [0.2, 0.25) is 0 Å². The fourth-order valence-electron chi connectivity index (χ4n) is 3.47. The summed E-state index contributed by atoms with van der Waals surface area (Å²) in [5.41, 5.74) is -0.901. The van der Waals surface area contributed by atoms with Crippen molar-refractivity contribution in [3.8, 4) is 0 Å². The number of hydrogen-bond donors (Lipinski definition) is 3. The molecule has 1 heterocycles. The second kappa shape index (κ2) is 7.14. The smallest absolute Gasteiger partial charge is 0.282 e. The summed E-state index contributed by atoms with van der Waals surface area (Å²) in [4.78, 5) is 23.0. The first-order valence-electron chi connectivity index (χ1n) is 8.63. The standard InChI is InChI=1S/C18H11NO11S3/c20-17-11-3-1-2-4-12(11)18(21)19(17)14-8-13-9(6-16(14)33(28,29)30)5-10(31(22,23)24)7-15(13)32(25,26)27/h1-8H,(H,22,23,24)(H,25,26,27)(H,28,29,30). The molecule has 0 bridgehead atoms. The van der Waals surface area contributed by atoms with Gasteiger partial charge in [-0.2, -0.15) is 25.3 Å². The van der Waals surface area contributed by atoms with E-state index in [2.05, 4.69) is 0 Å². The van der Waals surface area contributed by atoms with E-state index in [4.69, 9.17) is 0 Å². The van der Waals surface area contributed by atoms with Crippen LogP contribution < -0.4 is 4.90 Å². The van der Waals surface area contributed by atoms with Crippen molar-refractivity contribution in [1.82, 2.24) is 0 Å². The molecule has 0 saturated heterocycles. The van der Waals surface area contributed by atoms with Gasteiger partial charge in [-0.25, -0.2) is 4.90 Å². The van der Waals surface area contributed by atoms with E-state index in [0.29, 0.717) is 23.1 Å². The number of benzene rings is 3. The van der Waals surface area contributed by atoms with Crippen LogP contribution in [0.15, 0.2) is 63.2 Å². The Morgan fingerprint density at radius 1 is 0.636 bits per heavy atom. The minimum Gasteiger partial charge on any atom is -0.282 e. The highest BCUT2D eigenvalue weighted by Crippen LogP contribution is 2.38. The van der Waals surface area contributed by atoms with Crippen molar-refractivity contribution >= 4 is 58.6 Å². The minimum atomic E-state index is -5.16. The molecule has 3 aromatic rings. The lowest BCUT2D eigenvalue weighted by atomic mass is 10.1. The maximum Gasteiger partial charge on any atom is 0.296 e. The third-order valence-corrected chi connectivity index (χ3v) is 7.46. The first-order valence-corrected chi connectivity index (χ1v) is 12.9. The van der Waals surface area contributed by atoms with Crippen LogP contribution in [0.2, 0.25) is 0 Å². The topological polar surface area (TPSA) is 200 Å². The Labute approximate surface area is 186 Å². The Kier molecular flexibility index (Phi) is 4.97. The SMILES string of the molecule is O=C1c2ccccc2C(=O)N1c1cc2c(S(=O)(=O)O)cc(S(=O)(=O)O)cc2cc1S(=O)(=O)O. The highest BCUT2D eigenvalue weighted by molar-refractivity contribution is 7.87. The van der Waals surface area contributed by atoms with Crippen LogP contribution in [0, 0.1) is 0 Å². The summed E-state index contributed by atoms with van der Waals surface area (Å²) in [6, 6.07) is 7.91. The molecule has 172 valence electrons. The normalized spacial score (nSPS) is 14.7. The summed E-state index contributed by atoms with van der Waals surface area (Å²) >= 11 is 0. The highest BCUT2D eigenvalue weighted by Gasteiger charge is 2.39. The summed E-state index contributed by atoms with van der Waals surface area (Å²) in [5.74, 6) is -1.94. The molecule has 3 aromatic carbocycles. The van der Waals surface area contributed by atoms with E-state index in [0.717, 1.165) is 6.07 Å². The Bertz CT molecular complexity index is 1690. The lowest BCUT2D eigenvalue weighted by molar-refractivity contribution is 0.0925. The maximum absolute atomic E-state index is 12.8. The number of anilines is 1. The van der Waals surface area contributed by atoms with Crippen LogP contribution in [0.4, 0.5) is 5.69 Å². The Balaban J connectivity index is 2.14. The van der Waals surface area contributed by atoms with Gasteiger partial charge in [0.25, 0.3) is 42.2 Å². The number of fused-ring (bicyclic) bond motifs is 2. The van der Waals surface area contributed by atoms with Gasteiger partial charge in [0.05, 0.1) is 21.7 Å². The lowest BCUT2D eigenvalue weighted by Gasteiger charge is -2.19. The number of carbonyl (C=O) groups is 2. The first kappa shape index (κ1) is 23.0. The number of rotatable bonds is 4. The second-order valence-corrected chi connectivity index (χ2v) is 11.1. The molecule has 33 heavy (non-hydrogen) atoms. The molecule has 0 aliphatic carbocycles. The molecule has 0 fully saturated rings. The minimum absolute atomic E-state index is 0.0828. The molecule has 0 unspecified atom stereocenters. The van der Waals surface area contributed by atoms with Crippen molar-refractivity contribution in [2.45, 2.75) is 14.7 Å². The van der Waals surface area contributed by atoms with Crippen LogP contribution in [0.25, 0.3) is 10.8 Å². The third-order valence-electron chi connectivity index (χ3n) is 4.86. The average molecular weight is 513 g/mol. The average Bonchev–Trinajstić information content (AvgIpc) is 2.94. The largest absolute Gasteiger partial charge is 0.296 e. The van der Waals surface area contributed by atoms with E-state index in [9.17, 15) is 48.5 Å². The van der Waals surface area contributed by atoms with Crippen LogP contribution in [0.5, 0.6) is 0 Å². The molecule has 4 rings (SSSR count). The molecular formula is C18H11NO11S3. The van der Waals surface area contributed by atoms with Gasteiger partial charge in [-0.1, -0.05) is 12.1 Å². The van der Waals surface area contributed by atoms with Crippen molar-refractivity contribution in [1.29, 1.82) is 0 Å². The number of imide groups is 1. The number of nitrogens with zero attached hydrogens (tertiary/aromatic N) is 1. The van der Waals surface area contributed by atoms with E-state index in [1.54, 1.807) is 0 Å². The van der Waals surface area contributed by atoms with Crippen LogP contribution in [-0.4, -0.2) is 50.7 Å². The zero-order chi connectivity index (χ0) is 24.5. The second-order valence-electron chi connectivity index (χ2n) is 6.88. The first-order chi connectivity index (χ1) is 15.1. The molecule has 12 nitrogen and oxygen atoms in total. The van der Waals surface area contributed by atoms with Gasteiger partial charge in [-0.15, -0.1) is 0 Å². The predicted molar refractivity (Wildman–Crippen MR) is 111 cm³/mol. The highest BCUT2D eigenvalue weighted by atomic mass is 32.2. The number of hydrogen-bond acceptors (Lipinski definition) is 8. The molecule has 0 saturated carbocycles. The fraction of sp³-hybridized carbons (Fsp3) is 0. The van der Waals surface area contributed by atoms with Crippen LogP contribution in [0.1, 0.15) is 20.7 Å². The van der Waals surface area contributed by atoms with E-state index in [1.807, 2.05) is 0 Å². The van der Waals surface area contributed by atoms with E-state index in [1.165, 1.54) is 24.3 Å². The Morgan fingerprint density at radius 2 is 1.15 bits per heavy atom. The zero-order valence-corrected chi connectivity index (χ0v) is 18.3. The summed E-state index contributed by atoms with van der Waals surface area (Å²) in [7, 11) is -15.3. The molecule has 0 aromatic heterocycles. The molecule has 15 heteroatoms. The number of amides is 2. The van der Waals surface area contributed by atoms with Crippen molar-refractivity contribution in [2.24, 2.45) is 0 Å². The lowest BCUT2D eigenvalue weighted by Crippen LogP contribution is -2.30. The Morgan fingerprint density at radius 3 is 1.61 bits per heavy atom. The molecule has 3 N–H and O–H groups in total. The van der Waals surface area contributed by atoms with Crippen molar-refractivity contribution in [3.05, 3.63) is 59.7 Å². The van der Waals surface area contributed by atoms with Crippen molar-refractivity contribution < 1.29 is 48.5 Å². The van der Waals surface area contributed by atoms with E-state index >= 15 is 0 Å². The third kappa shape index (κ3) is 3.79. The van der Waals surface area contributed by atoms with E-state index < -0.39 is 73.3 Å². The molecule has 1 aliphatic rings. The van der Waals surface area contributed by atoms with Gasteiger partial charge in [-0.05, 0) is 41.8 Å². The summed E-state index contributed by atoms with van der Waals surface area (Å²) < 4.78 is 99.7. The van der Waals surface area contributed by atoms with Crippen LogP contribution in [0.3, 0.4) is 0 Å². The molecule has 1 aliphatic heterocycles. The van der Waals surface area contributed by atoms with Gasteiger partial charge in [0, 0.05) is 5.39 Å². The van der Waals surface area contributed by atoms with Crippen molar-refractivity contribution in [3.63, 3.8) is 0 Å². The summed E-state index contributed by atoms with van der Waals surface area (Å²) in [6.07, 6.45) is 0. The molecular weight excluding hydrogens is 502 g/mol. The molecule has 0 spiro atoms.